The van der Waals surface area contributed by atoms with Gasteiger partial charge in [-0.2, -0.15) is 0 Å². The predicted molar refractivity (Wildman–Crippen MR) is 192 cm³/mol. The molecule has 0 rings (SSSR count). The standard InChI is InChI=1S/C40H79NO2/c1-2-3-4-5-6-7-8-9-10-11-12-13-14-17-20-23-26-29-32-35-38-41-40(43)37-34-31-28-25-22-19-16-15-18-21-24-27-30-33-36-39-42/h9-10,42H,2-8,11-39H2,1H3,(H,41,43)/b10-9-. The maximum atomic E-state index is 12.1. The molecule has 0 unspecified atom stereocenters. The molecule has 0 aromatic carbocycles. The number of aliphatic hydroxyl groups is 1. The van der Waals surface area contributed by atoms with E-state index < -0.39 is 0 Å². The maximum absolute atomic E-state index is 12.1. The van der Waals surface area contributed by atoms with E-state index in [9.17, 15) is 4.79 Å². The largest absolute Gasteiger partial charge is 0.396 e. The normalized spacial score (nSPS) is 11.6. The highest BCUT2D eigenvalue weighted by atomic mass is 16.2. The van der Waals surface area contributed by atoms with Gasteiger partial charge in [0.25, 0.3) is 0 Å². The van der Waals surface area contributed by atoms with Crippen molar-refractivity contribution in [2.45, 2.75) is 225 Å². The molecule has 0 saturated carbocycles. The minimum atomic E-state index is 0.265. The topological polar surface area (TPSA) is 49.3 Å². The average molecular weight is 606 g/mol. The summed E-state index contributed by atoms with van der Waals surface area (Å²) in [5, 5.41) is 11.9. The first-order chi connectivity index (χ1) is 21.3. The van der Waals surface area contributed by atoms with E-state index in [0.29, 0.717) is 6.61 Å². The van der Waals surface area contributed by atoms with Gasteiger partial charge in [0.1, 0.15) is 0 Å². The third-order valence-corrected chi connectivity index (χ3v) is 9.07. The monoisotopic (exact) mass is 606 g/mol. The molecule has 0 aliphatic heterocycles. The summed E-state index contributed by atoms with van der Waals surface area (Å²) < 4.78 is 0. The van der Waals surface area contributed by atoms with Crippen LogP contribution in [-0.4, -0.2) is 24.2 Å². The summed E-state index contributed by atoms with van der Waals surface area (Å²) in [6.45, 7) is 3.51. The molecule has 0 aromatic rings. The van der Waals surface area contributed by atoms with Gasteiger partial charge in [0.2, 0.25) is 5.91 Å². The minimum Gasteiger partial charge on any atom is -0.396 e. The summed E-state index contributed by atoms with van der Waals surface area (Å²) in [5.41, 5.74) is 0. The molecular weight excluding hydrogens is 526 g/mol. The third-order valence-electron chi connectivity index (χ3n) is 9.07. The van der Waals surface area contributed by atoms with Crippen molar-refractivity contribution >= 4 is 5.91 Å². The number of carbonyl (C=O) groups is 1. The van der Waals surface area contributed by atoms with E-state index >= 15 is 0 Å². The fourth-order valence-corrected chi connectivity index (χ4v) is 6.09. The van der Waals surface area contributed by atoms with E-state index in [4.69, 9.17) is 5.11 Å². The summed E-state index contributed by atoms with van der Waals surface area (Å²) >= 11 is 0. The molecule has 0 spiro atoms. The number of carbonyl (C=O) groups excluding carboxylic acids is 1. The second kappa shape index (κ2) is 39.2. The van der Waals surface area contributed by atoms with E-state index in [1.807, 2.05) is 0 Å². The molecule has 0 radical (unpaired) electrons. The molecule has 0 saturated heterocycles. The Morgan fingerprint density at radius 3 is 1.16 bits per heavy atom. The van der Waals surface area contributed by atoms with Crippen molar-refractivity contribution in [2.24, 2.45) is 0 Å². The molecule has 43 heavy (non-hydrogen) atoms. The number of amides is 1. The zero-order valence-electron chi connectivity index (χ0n) is 29.5. The second-order valence-electron chi connectivity index (χ2n) is 13.5. The van der Waals surface area contributed by atoms with Crippen molar-refractivity contribution in [3.05, 3.63) is 12.2 Å². The first-order valence-electron chi connectivity index (χ1n) is 19.8. The lowest BCUT2D eigenvalue weighted by molar-refractivity contribution is -0.121. The molecule has 256 valence electrons. The SMILES string of the molecule is CCCCCCCC/C=C\CCCCCCCCCCCCNC(=O)CCCCCCCCCCCCCCCCCO. The summed E-state index contributed by atoms with van der Waals surface area (Å²) in [5.74, 6) is 0.265. The minimum absolute atomic E-state index is 0.265. The van der Waals surface area contributed by atoms with Crippen molar-refractivity contribution < 1.29 is 9.90 Å². The second-order valence-corrected chi connectivity index (χ2v) is 13.5. The smallest absolute Gasteiger partial charge is 0.219 e. The van der Waals surface area contributed by atoms with Crippen LogP contribution in [0.3, 0.4) is 0 Å². The molecular formula is C40H79NO2. The number of hydrogen-bond donors (Lipinski definition) is 2. The average Bonchev–Trinajstić information content (AvgIpc) is 3.01. The lowest BCUT2D eigenvalue weighted by Gasteiger charge is -2.06. The number of nitrogens with one attached hydrogen (secondary N) is 1. The fourth-order valence-electron chi connectivity index (χ4n) is 6.09. The molecule has 0 fully saturated rings. The van der Waals surface area contributed by atoms with Crippen molar-refractivity contribution in [1.29, 1.82) is 0 Å². The Balaban J connectivity index is 3.17. The van der Waals surface area contributed by atoms with Crippen LogP contribution in [0.1, 0.15) is 225 Å². The fraction of sp³-hybridized carbons (Fsp3) is 0.925. The van der Waals surface area contributed by atoms with Gasteiger partial charge < -0.3 is 10.4 Å². The van der Waals surface area contributed by atoms with Gasteiger partial charge in [-0.1, -0.05) is 186 Å². The molecule has 3 heteroatoms. The van der Waals surface area contributed by atoms with Crippen molar-refractivity contribution in [3.63, 3.8) is 0 Å². The number of aliphatic hydroxyl groups excluding tert-OH is 1. The Kier molecular flexibility index (Phi) is 38.4. The first-order valence-corrected chi connectivity index (χ1v) is 19.8. The highest BCUT2D eigenvalue weighted by Crippen LogP contribution is 2.15. The number of unbranched alkanes of at least 4 members (excludes halogenated alkanes) is 30. The van der Waals surface area contributed by atoms with E-state index in [1.54, 1.807) is 0 Å². The van der Waals surface area contributed by atoms with Gasteiger partial charge in [-0.25, -0.2) is 0 Å². The molecule has 0 aliphatic carbocycles. The van der Waals surface area contributed by atoms with Crippen LogP contribution in [0.4, 0.5) is 0 Å². The molecule has 3 nitrogen and oxygen atoms in total. The summed E-state index contributed by atoms with van der Waals surface area (Å²) in [6, 6.07) is 0. The van der Waals surface area contributed by atoms with E-state index in [0.717, 1.165) is 32.2 Å². The van der Waals surface area contributed by atoms with Crippen LogP contribution in [0.5, 0.6) is 0 Å². The van der Waals surface area contributed by atoms with Gasteiger partial charge >= 0.3 is 0 Å². The van der Waals surface area contributed by atoms with Crippen LogP contribution in [0, 0.1) is 0 Å². The van der Waals surface area contributed by atoms with E-state index in [1.165, 1.54) is 193 Å². The first kappa shape index (κ1) is 42.2. The quantitative estimate of drug-likeness (QED) is 0.0546. The lowest BCUT2D eigenvalue weighted by atomic mass is 10.0. The Bertz CT molecular complexity index is 547. The highest BCUT2D eigenvalue weighted by molar-refractivity contribution is 5.75. The highest BCUT2D eigenvalue weighted by Gasteiger charge is 2.01. The number of hydrogen-bond acceptors (Lipinski definition) is 2. The summed E-state index contributed by atoms with van der Waals surface area (Å²) in [7, 11) is 0. The summed E-state index contributed by atoms with van der Waals surface area (Å²) in [6.07, 6.45) is 49.4. The van der Waals surface area contributed by atoms with Gasteiger partial charge in [0, 0.05) is 19.6 Å². The Hall–Kier alpha value is -0.830. The maximum Gasteiger partial charge on any atom is 0.219 e. The molecule has 0 aromatic heterocycles. The predicted octanol–water partition coefficient (Wildman–Crippen LogP) is 12.9. The third kappa shape index (κ3) is 39.1. The van der Waals surface area contributed by atoms with Crippen molar-refractivity contribution in [2.75, 3.05) is 13.2 Å². The van der Waals surface area contributed by atoms with E-state index in [2.05, 4.69) is 24.4 Å². The van der Waals surface area contributed by atoms with Gasteiger partial charge in [-0.15, -0.1) is 0 Å². The Morgan fingerprint density at radius 1 is 0.442 bits per heavy atom. The molecule has 0 atom stereocenters. The Labute approximate surface area is 271 Å². The van der Waals surface area contributed by atoms with Gasteiger partial charge in [-0.05, 0) is 44.9 Å². The lowest BCUT2D eigenvalue weighted by Crippen LogP contribution is -2.23. The van der Waals surface area contributed by atoms with Gasteiger partial charge in [0.05, 0.1) is 0 Å². The van der Waals surface area contributed by atoms with E-state index in [-0.39, 0.29) is 5.91 Å². The van der Waals surface area contributed by atoms with Crippen LogP contribution >= 0.6 is 0 Å². The molecule has 0 bridgehead atoms. The summed E-state index contributed by atoms with van der Waals surface area (Å²) in [4.78, 5) is 12.1. The van der Waals surface area contributed by atoms with Crippen LogP contribution in [0.25, 0.3) is 0 Å². The number of rotatable bonds is 37. The van der Waals surface area contributed by atoms with Gasteiger partial charge in [-0.3, -0.25) is 4.79 Å². The van der Waals surface area contributed by atoms with Crippen molar-refractivity contribution in [1.82, 2.24) is 5.32 Å². The van der Waals surface area contributed by atoms with Crippen LogP contribution in [0.2, 0.25) is 0 Å². The van der Waals surface area contributed by atoms with Crippen molar-refractivity contribution in [3.8, 4) is 0 Å². The zero-order valence-corrected chi connectivity index (χ0v) is 29.5. The van der Waals surface area contributed by atoms with Gasteiger partial charge in [0.15, 0.2) is 0 Å². The van der Waals surface area contributed by atoms with Crippen LogP contribution in [0.15, 0.2) is 12.2 Å². The molecule has 1 amide bonds. The molecule has 2 N–H and O–H groups in total. The van der Waals surface area contributed by atoms with Crippen LogP contribution in [-0.2, 0) is 4.79 Å². The number of allylic oxidation sites excluding steroid dienone is 2. The Morgan fingerprint density at radius 2 is 0.767 bits per heavy atom. The van der Waals surface area contributed by atoms with Crippen LogP contribution < -0.4 is 5.32 Å². The zero-order chi connectivity index (χ0) is 31.2. The molecule has 0 aliphatic rings. The molecule has 0 heterocycles.